The predicted octanol–water partition coefficient (Wildman–Crippen LogP) is 3.12. The summed E-state index contributed by atoms with van der Waals surface area (Å²) in [5.74, 6) is -1.30. The minimum Gasteiger partial charge on any atom is -0.404 e. The number of rotatable bonds is 3. The summed E-state index contributed by atoms with van der Waals surface area (Å²) in [5, 5.41) is 8.82. The van der Waals surface area contributed by atoms with Crippen LogP contribution in [-0.4, -0.2) is 14.8 Å². The third-order valence-electron chi connectivity index (χ3n) is 1.93. The number of nitrogens with zero attached hydrogens (tertiary/aromatic N) is 1. The monoisotopic (exact) mass is 333 g/mol. The Hall–Kier alpha value is -1.17. The Morgan fingerprint density at radius 3 is 2.32 bits per heavy atom. The van der Waals surface area contributed by atoms with E-state index in [1.54, 1.807) is 0 Å². The summed E-state index contributed by atoms with van der Waals surface area (Å²) in [5.41, 5.74) is -0.937. The highest BCUT2D eigenvalue weighted by Gasteiger charge is 2.34. The van der Waals surface area contributed by atoms with Crippen LogP contribution in [0.25, 0.3) is 0 Å². The van der Waals surface area contributed by atoms with Gasteiger partial charge in [0, 0.05) is 16.6 Å². The van der Waals surface area contributed by atoms with E-state index >= 15 is 0 Å². The smallest absolute Gasteiger partial charge is 0.404 e. The molecule has 19 heavy (non-hydrogen) atoms. The molecule has 1 rings (SSSR count). The van der Waals surface area contributed by atoms with E-state index in [9.17, 15) is 21.6 Å². The van der Waals surface area contributed by atoms with Crippen molar-refractivity contribution in [2.24, 2.45) is 0 Å². The molecule has 0 unspecified atom stereocenters. The summed E-state index contributed by atoms with van der Waals surface area (Å²) in [7, 11) is 0.647. The molecule has 10 heteroatoms. The molecule has 0 aromatic heterocycles. The zero-order chi connectivity index (χ0) is 14.8. The number of hydrogen-bond acceptors (Lipinski definition) is 4. The molecule has 0 spiro atoms. The Bertz CT molecular complexity index is 637. The van der Waals surface area contributed by atoms with Crippen LogP contribution in [0.5, 0.6) is 5.75 Å². The summed E-state index contributed by atoms with van der Waals surface area (Å²) >= 11 is 5.46. The van der Waals surface area contributed by atoms with Crippen LogP contribution >= 0.6 is 22.3 Å². The summed E-state index contributed by atoms with van der Waals surface area (Å²) in [6.07, 6.45) is -5.07. The van der Waals surface area contributed by atoms with Gasteiger partial charge in [-0.2, -0.15) is 5.26 Å². The fourth-order valence-corrected chi connectivity index (χ4v) is 2.98. The van der Waals surface area contributed by atoms with E-state index in [2.05, 4.69) is 4.74 Å². The summed E-state index contributed by atoms with van der Waals surface area (Å²) < 4.78 is 62.6. The van der Waals surface area contributed by atoms with Crippen LogP contribution < -0.4 is 4.74 Å². The van der Waals surface area contributed by atoms with Crippen molar-refractivity contribution >= 4 is 31.3 Å². The van der Waals surface area contributed by atoms with Crippen molar-refractivity contribution in [3.05, 3.63) is 23.3 Å². The van der Waals surface area contributed by atoms with Crippen molar-refractivity contribution in [1.82, 2.24) is 0 Å². The van der Waals surface area contributed by atoms with E-state index in [1.165, 1.54) is 6.07 Å². The second kappa shape index (κ2) is 5.45. The quantitative estimate of drug-likeness (QED) is 0.629. The van der Waals surface area contributed by atoms with Crippen molar-refractivity contribution in [3.8, 4) is 11.8 Å². The molecule has 0 aliphatic carbocycles. The molecule has 0 aliphatic rings. The maximum absolute atomic E-state index is 12.1. The Balaban J connectivity index is 3.61. The molecule has 0 N–H and O–H groups in total. The first-order valence-corrected chi connectivity index (χ1v) is 7.27. The van der Waals surface area contributed by atoms with Gasteiger partial charge in [0.1, 0.15) is 22.3 Å². The highest BCUT2D eigenvalue weighted by molar-refractivity contribution is 8.13. The zero-order valence-electron chi connectivity index (χ0n) is 8.83. The highest BCUT2D eigenvalue weighted by atomic mass is 35.7. The molecule has 0 radical (unpaired) electrons. The van der Waals surface area contributed by atoms with Crippen molar-refractivity contribution in [2.45, 2.75) is 17.1 Å². The lowest BCUT2D eigenvalue weighted by molar-refractivity contribution is -0.274. The first kappa shape index (κ1) is 15.9. The lowest BCUT2D eigenvalue weighted by atomic mass is 10.1. The minimum atomic E-state index is -5.07. The minimum absolute atomic E-state index is 0.0947. The van der Waals surface area contributed by atoms with E-state index in [1.807, 2.05) is 0 Å². The lowest BCUT2D eigenvalue weighted by Crippen LogP contribution is -2.18. The molecular weight excluding hydrogens is 330 g/mol. The third kappa shape index (κ3) is 3.89. The van der Waals surface area contributed by atoms with Gasteiger partial charge < -0.3 is 4.74 Å². The van der Waals surface area contributed by atoms with E-state index in [-0.39, 0.29) is 11.4 Å². The summed E-state index contributed by atoms with van der Waals surface area (Å²) in [4.78, 5) is -0.784. The van der Waals surface area contributed by atoms with Gasteiger partial charge in [-0.05, 0) is 11.6 Å². The number of halogens is 5. The van der Waals surface area contributed by atoms with E-state index < -0.39 is 31.6 Å². The average molecular weight is 334 g/mol. The van der Waals surface area contributed by atoms with Gasteiger partial charge in [0.05, 0.1) is 0 Å². The first-order chi connectivity index (χ1) is 8.60. The number of hydrogen-bond donors (Lipinski definition) is 0. The van der Waals surface area contributed by atoms with Crippen LogP contribution in [0.15, 0.2) is 17.0 Å². The third-order valence-corrected chi connectivity index (χ3v) is 3.63. The predicted molar refractivity (Wildman–Crippen MR) is 60.4 cm³/mol. The molecule has 0 fully saturated rings. The standard InChI is InChI=1S/C9H4Cl2F3NO3S/c10-3-5-1-2-7(18-9(12,13)14)6(4-15)8(5)19(11,16)17/h1-2H,3H2. The number of ether oxygens (including phenoxy) is 1. The van der Waals surface area contributed by atoms with E-state index in [0.717, 1.165) is 12.1 Å². The fourth-order valence-electron chi connectivity index (χ4n) is 1.31. The van der Waals surface area contributed by atoms with Gasteiger partial charge >= 0.3 is 6.36 Å². The Labute approximate surface area is 115 Å². The van der Waals surface area contributed by atoms with Crippen LogP contribution in [0.3, 0.4) is 0 Å². The molecule has 0 bridgehead atoms. The van der Waals surface area contributed by atoms with Crippen LogP contribution in [0.4, 0.5) is 13.2 Å². The molecule has 0 atom stereocenters. The topological polar surface area (TPSA) is 67.2 Å². The maximum Gasteiger partial charge on any atom is 0.573 e. The van der Waals surface area contributed by atoms with Gasteiger partial charge in [-0.25, -0.2) is 8.42 Å². The molecule has 4 nitrogen and oxygen atoms in total. The van der Waals surface area contributed by atoms with Crippen molar-refractivity contribution in [1.29, 1.82) is 5.26 Å². The Morgan fingerprint density at radius 2 is 1.95 bits per heavy atom. The van der Waals surface area contributed by atoms with Crippen molar-refractivity contribution in [2.75, 3.05) is 0 Å². The SMILES string of the molecule is N#Cc1c(OC(F)(F)F)ccc(CCl)c1S(=O)(=O)Cl. The zero-order valence-corrected chi connectivity index (χ0v) is 11.2. The van der Waals surface area contributed by atoms with Gasteiger partial charge in [0.2, 0.25) is 0 Å². The fraction of sp³-hybridized carbons (Fsp3) is 0.222. The highest BCUT2D eigenvalue weighted by Crippen LogP contribution is 2.34. The summed E-state index contributed by atoms with van der Waals surface area (Å²) in [6, 6.07) is 3.11. The molecule has 1 aromatic carbocycles. The van der Waals surface area contributed by atoms with Gasteiger partial charge in [0.25, 0.3) is 9.05 Å². The molecule has 0 amide bonds. The lowest BCUT2D eigenvalue weighted by Gasteiger charge is -2.13. The molecule has 0 saturated carbocycles. The van der Waals surface area contributed by atoms with Crippen molar-refractivity contribution < 1.29 is 26.3 Å². The molecule has 0 aliphatic heterocycles. The molecule has 1 aromatic rings. The second-order valence-corrected chi connectivity index (χ2v) is 5.93. The molecular formula is C9H4Cl2F3NO3S. The van der Waals surface area contributed by atoms with Crippen LogP contribution in [-0.2, 0) is 14.9 Å². The van der Waals surface area contributed by atoms with Crippen LogP contribution in [0.2, 0.25) is 0 Å². The van der Waals surface area contributed by atoms with Gasteiger partial charge in [0.15, 0.2) is 0 Å². The molecule has 0 heterocycles. The van der Waals surface area contributed by atoms with Gasteiger partial charge in [-0.1, -0.05) is 6.07 Å². The summed E-state index contributed by atoms with van der Waals surface area (Å²) in [6.45, 7) is 0. The Kier molecular flexibility index (Phi) is 4.55. The van der Waals surface area contributed by atoms with Gasteiger partial charge in [-0.15, -0.1) is 24.8 Å². The average Bonchev–Trinajstić information content (AvgIpc) is 2.25. The molecule has 104 valence electrons. The van der Waals surface area contributed by atoms with E-state index in [4.69, 9.17) is 27.5 Å². The van der Waals surface area contributed by atoms with Crippen LogP contribution in [0.1, 0.15) is 11.1 Å². The number of nitriles is 1. The maximum atomic E-state index is 12.1. The van der Waals surface area contributed by atoms with Crippen LogP contribution in [0, 0.1) is 11.3 Å². The van der Waals surface area contributed by atoms with E-state index in [0.29, 0.717) is 0 Å². The van der Waals surface area contributed by atoms with Crippen molar-refractivity contribution in [3.63, 3.8) is 0 Å². The first-order valence-electron chi connectivity index (χ1n) is 4.42. The molecule has 0 saturated heterocycles. The van der Waals surface area contributed by atoms with Gasteiger partial charge in [-0.3, -0.25) is 0 Å². The Morgan fingerprint density at radius 1 is 1.37 bits per heavy atom. The number of alkyl halides is 4. The number of benzene rings is 1. The second-order valence-electron chi connectivity index (χ2n) is 3.16. The largest absolute Gasteiger partial charge is 0.573 e. The normalized spacial score (nSPS) is 12.0.